The minimum absolute atomic E-state index is 0.0663. The Morgan fingerprint density at radius 3 is 2.44 bits per heavy atom. The molecule has 25 heavy (non-hydrogen) atoms. The molecule has 126 valence electrons. The summed E-state index contributed by atoms with van der Waals surface area (Å²) in [6, 6.07) is 17.9. The van der Waals surface area contributed by atoms with E-state index in [1.165, 1.54) is 0 Å². The summed E-state index contributed by atoms with van der Waals surface area (Å²) < 4.78 is 5.39. The predicted octanol–water partition coefficient (Wildman–Crippen LogP) is 3.68. The number of hydrogen-bond acceptors (Lipinski definition) is 3. The van der Waals surface area contributed by atoms with Crippen LogP contribution in [0.4, 0.5) is 0 Å². The number of fused-ring (bicyclic) bond motifs is 1. The van der Waals surface area contributed by atoms with Crippen molar-refractivity contribution in [2.75, 3.05) is 26.3 Å². The molecule has 0 N–H and O–H groups in total. The highest BCUT2D eigenvalue weighted by molar-refractivity contribution is 6.08. The van der Waals surface area contributed by atoms with Crippen molar-refractivity contribution in [2.24, 2.45) is 0 Å². The SMILES string of the molecule is Cc1c(-c2ccccc2)nc2ccccc2c1C(=O)N1CCOCC1. The number of aromatic nitrogens is 1. The standard InChI is InChI=1S/C21H20N2O2/c1-15-19(21(24)23-11-13-25-14-12-23)17-9-5-6-10-18(17)22-20(15)16-7-3-2-4-8-16/h2-10H,11-14H2,1H3. The van der Waals surface area contributed by atoms with Gasteiger partial charge in [0, 0.05) is 24.0 Å². The Kier molecular flexibility index (Phi) is 4.20. The van der Waals surface area contributed by atoms with Gasteiger partial charge in [0.2, 0.25) is 0 Å². The van der Waals surface area contributed by atoms with Gasteiger partial charge in [0.25, 0.3) is 5.91 Å². The highest BCUT2D eigenvalue weighted by Gasteiger charge is 2.24. The predicted molar refractivity (Wildman–Crippen MR) is 98.6 cm³/mol. The van der Waals surface area contributed by atoms with Crippen LogP contribution in [0.15, 0.2) is 54.6 Å². The van der Waals surface area contributed by atoms with Gasteiger partial charge in [-0.05, 0) is 18.6 Å². The van der Waals surface area contributed by atoms with E-state index in [2.05, 4.69) is 0 Å². The van der Waals surface area contributed by atoms with E-state index in [1.807, 2.05) is 66.4 Å². The van der Waals surface area contributed by atoms with Crippen LogP contribution in [-0.4, -0.2) is 42.1 Å². The number of amides is 1. The fourth-order valence-electron chi connectivity index (χ4n) is 3.38. The number of hydrogen-bond donors (Lipinski definition) is 0. The molecule has 2 heterocycles. The molecule has 1 aromatic heterocycles. The summed E-state index contributed by atoms with van der Waals surface area (Å²) in [5.41, 5.74) is 4.44. The van der Waals surface area contributed by atoms with Gasteiger partial charge in [-0.1, -0.05) is 48.5 Å². The van der Waals surface area contributed by atoms with Gasteiger partial charge in [0.1, 0.15) is 0 Å². The third-order valence-corrected chi connectivity index (χ3v) is 4.70. The zero-order valence-electron chi connectivity index (χ0n) is 14.2. The highest BCUT2D eigenvalue weighted by atomic mass is 16.5. The molecule has 4 nitrogen and oxygen atoms in total. The first kappa shape index (κ1) is 15.8. The zero-order chi connectivity index (χ0) is 17.2. The third kappa shape index (κ3) is 2.89. The number of carbonyl (C=O) groups is 1. The maximum atomic E-state index is 13.3. The Bertz CT molecular complexity index is 916. The number of benzene rings is 2. The van der Waals surface area contributed by atoms with Crippen molar-refractivity contribution in [3.63, 3.8) is 0 Å². The van der Waals surface area contributed by atoms with Crippen molar-refractivity contribution < 1.29 is 9.53 Å². The van der Waals surface area contributed by atoms with E-state index in [0.717, 1.165) is 33.3 Å². The van der Waals surface area contributed by atoms with Crippen LogP contribution in [-0.2, 0) is 4.74 Å². The van der Waals surface area contributed by atoms with Gasteiger partial charge >= 0.3 is 0 Å². The lowest BCUT2D eigenvalue weighted by molar-refractivity contribution is 0.0303. The summed E-state index contributed by atoms with van der Waals surface area (Å²) >= 11 is 0. The summed E-state index contributed by atoms with van der Waals surface area (Å²) in [6.07, 6.45) is 0. The third-order valence-electron chi connectivity index (χ3n) is 4.70. The van der Waals surface area contributed by atoms with Crippen LogP contribution in [0.5, 0.6) is 0 Å². The second kappa shape index (κ2) is 6.65. The molecule has 3 aromatic rings. The summed E-state index contributed by atoms with van der Waals surface area (Å²) in [5, 5.41) is 0.913. The normalized spacial score (nSPS) is 14.7. The van der Waals surface area contributed by atoms with E-state index in [4.69, 9.17) is 9.72 Å². The van der Waals surface area contributed by atoms with Crippen LogP contribution < -0.4 is 0 Å². The number of pyridine rings is 1. The van der Waals surface area contributed by atoms with Crippen LogP contribution in [0.3, 0.4) is 0 Å². The van der Waals surface area contributed by atoms with Crippen LogP contribution >= 0.6 is 0 Å². The van der Waals surface area contributed by atoms with Crippen LogP contribution in [0.1, 0.15) is 15.9 Å². The lowest BCUT2D eigenvalue weighted by atomic mass is 9.96. The Morgan fingerprint density at radius 1 is 1.00 bits per heavy atom. The molecule has 0 saturated carbocycles. The minimum Gasteiger partial charge on any atom is -0.378 e. The lowest BCUT2D eigenvalue weighted by Crippen LogP contribution is -2.41. The van der Waals surface area contributed by atoms with Crippen molar-refractivity contribution in [1.29, 1.82) is 0 Å². The van der Waals surface area contributed by atoms with E-state index < -0.39 is 0 Å². The fraction of sp³-hybridized carbons (Fsp3) is 0.238. The summed E-state index contributed by atoms with van der Waals surface area (Å²) in [6.45, 7) is 4.46. The van der Waals surface area contributed by atoms with Crippen molar-refractivity contribution in [2.45, 2.75) is 6.92 Å². The second-order valence-electron chi connectivity index (χ2n) is 6.25. The minimum atomic E-state index is 0.0663. The van der Waals surface area contributed by atoms with Gasteiger partial charge in [-0.2, -0.15) is 0 Å². The van der Waals surface area contributed by atoms with Gasteiger partial charge in [-0.25, -0.2) is 4.98 Å². The molecule has 1 aliphatic heterocycles. The average molecular weight is 332 g/mol. The van der Waals surface area contributed by atoms with Crippen LogP contribution in [0.2, 0.25) is 0 Å². The topological polar surface area (TPSA) is 42.4 Å². The summed E-state index contributed by atoms with van der Waals surface area (Å²) in [7, 11) is 0. The van der Waals surface area contributed by atoms with E-state index in [-0.39, 0.29) is 5.91 Å². The van der Waals surface area contributed by atoms with Gasteiger partial charge < -0.3 is 9.64 Å². The Hall–Kier alpha value is -2.72. The highest BCUT2D eigenvalue weighted by Crippen LogP contribution is 2.30. The second-order valence-corrected chi connectivity index (χ2v) is 6.25. The van der Waals surface area contributed by atoms with Crippen molar-refractivity contribution in [3.05, 3.63) is 65.7 Å². The van der Waals surface area contributed by atoms with Gasteiger partial charge in [0.15, 0.2) is 0 Å². The van der Waals surface area contributed by atoms with Crippen molar-refractivity contribution in [3.8, 4) is 11.3 Å². The molecule has 1 saturated heterocycles. The zero-order valence-corrected chi connectivity index (χ0v) is 14.2. The first-order valence-electron chi connectivity index (χ1n) is 8.57. The molecule has 1 fully saturated rings. The van der Waals surface area contributed by atoms with E-state index in [0.29, 0.717) is 26.3 Å². The Balaban J connectivity index is 1.92. The molecule has 2 aromatic carbocycles. The Morgan fingerprint density at radius 2 is 1.68 bits per heavy atom. The van der Waals surface area contributed by atoms with Gasteiger partial charge in [0.05, 0.1) is 30.0 Å². The molecule has 0 radical (unpaired) electrons. The van der Waals surface area contributed by atoms with E-state index in [1.54, 1.807) is 0 Å². The van der Waals surface area contributed by atoms with E-state index in [9.17, 15) is 4.79 Å². The molecule has 1 amide bonds. The van der Waals surface area contributed by atoms with Crippen LogP contribution in [0.25, 0.3) is 22.2 Å². The molecule has 0 aliphatic carbocycles. The number of para-hydroxylation sites is 1. The molecule has 4 rings (SSSR count). The number of ether oxygens (including phenoxy) is 1. The number of rotatable bonds is 2. The monoisotopic (exact) mass is 332 g/mol. The first-order valence-corrected chi connectivity index (χ1v) is 8.57. The number of nitrogens with zero attached hydrogens (tertiary/aromatic N) is 2. The lowest BCUT2D eigenvalue weighted by Gasteiger charge is -2.28. The molecule has 0 unspecified atom stereocenters. The summed E-state index contributed by atoms with van der Waals surface area (Å²) in [5.74, 6) is 0.0663. The quantitative estimate of drug-likeness (QED) is 0.719. The smallest absolute Gasteiger partial charge is 0.255 e. The van der Waals surface area contributed by atoms with Crippen molar-refractivity contribution in [1.82, 2.24) is 9.88 Å². The van der Waals surface area contributed by atoms with Gasteiger partial charge in [-0.3, -0.25) is 4.79 Å². The maximum absolute atomic E-state index is 13.3. The number of carbonyl (C=O) groups excluding carboxylic acids is 1. The molecule has 4 heteroatoms. The van der Waals surface area contributed by atoms with Crippen LogP contribution in [0, 0.1) is 6.92 Å². The maximum Gasteiger partial charge on any atom is 0.255 e. The fourth-order valence-corrected chi connectivity index (χ4v) is 3.38. The molecule has 0 spiro atoms. The molecule has 0 atom stereocenters. The largest absolute Gasteiger partial charge is 0.378 e. The van der Waals surface area contributed by atoms with E-state index >= 15 is 0 Å². The molecular weight excluding hydrogens is 312 g/mol. The number of morpholine rings is 1. The first-order chi connectivity index (χ1) is 12.3. The molecule has 0 bridgehead atoms. The Labute approximate surface area is 147 Å². The molecule has 1 aliphatic rings. The summed E-state index contributed by atoms with van der Waals surface area (Å²) in [4.78, 5) is 20.0. The van der Waals surface area contributed by atoms with Crippen molar-refractivity contribution >= 4 is 16.8 Å². The molecular formula is C21H20N2O2. The van der Waals surface area contributed by atoms with Gasteiger partial charge in [-0.15, -0.1) is 0 Å². The average Bonchev–Trinajstić information content (AvgIpc) is 2.68.